The summed E-state index contributed by atoms with van der Waals surface area (Å²) in [7, 11) is 0. The van der Waals surface area contributed by atoms with Crippen LogP contribution in [0, 0.1) is 11.3 Å². The van der Waals surface area contributed by atoms with E-state index in [0.29, 0.717) is 30.8 Å². The van der Waals surface area contributed by atoms with Crippen molar-refractivity contribution in [3.05, 3.63) is 29.8 Å². The molecular weight excluding hydrogens is 258 g/mol. The van der Waals surface area contributed by atoms with Gasteiger partial charge >= 0.3 is 12.0 Å². The molecule has 0 radical (unpaired) electrons. The van der Waals surface area contributed by atoms with E-state index < -0.39 is 5.97 Å². The molecule has 20 heavy (non-hydrogen) atoms. The number of amides is 2. The Balaban J connectivity index is 2.61. The molecule has 2 N–H and O–H groups in total. The zero-order valence-corrected chi connectivity index (χ0v) is 11.3. The first-order valence-electron chi connectivity index (χ1n) is 6.30. The van der Waals surface area contributed by atoms with Gasteiger partial charge in [0.1, 0.15) is 0 Å². The van der Waals surface area contributed by atoms with E-state index >= 15 is 0 Å². The second-order valence-corrected chi connectivity index (χ2v) is 4.19. The van der Waals surface area contributed by atoms with Crippen molar-refractivity contribution >= 4 is 17.7 Å². The Labute approximate surface area is 117 Å². The summed E-state index contributed by atoms with van der Waals surface area (Å²) in [4.78, 5) is 24.0. The number of anilines is 1. The minimum absolute atomic E-state index is 0.0442. The van der Waals surface area contributed by atoms with Gasteiger partial charge in [-0.3, -0.25) is 4.79 Å². The lowest BCUT2D eigenvalue weighted by Crippen LogP contribution is -2.35. The van der Waals surface area contributed by atoms with Crippen LogP contribution >= 0.6 is 0 Å². The highest BCUT2D eigenvalue weighted by molar-refractivity contribution is 5.89. The van der Waals surface area contributed by atoms with Gasteiger partial charge in [-0.15, -0.1) is 0 Å². The number of hydrogen-bond donors (Lipinski definition) is 2. The zero-order chi connectivity index (χ0) is 15.0. The van der Waals surface area contributed by atoms with Crippen LogP contribution in [0.5, 0.6) is 0 Å². The van der Waals surface area contributed by atoms with E-state index in [0.717, 1.165) is 0 Å². The van der Waals surface area contributed by atoms with Crippen LogP contribution in [-0.4, -0.2) is 35.1 Å². The third-order valence-electron chi connectivity index (χ3n) is 2.72. The lowest BCUT2D eigenvalue weighted by Gasteiger charge is -2.20. The molecule has 0 saturated heterocycles. The summed E-state index contributed by atoms with van der Waals surface area (Å²) in [5.41, 5.74) is 1.27. The number of carbonyl (C=O) groups excluding carboxylic acids is 1. The highest BCUT2D eigenvalue weighted by atomic mass is 16.4. The third-order valence-corrected chi connectivity index (χ3v) is 2.72. The summed E-state index contributed by atoms with van der Waals surface area (Å²) >= 11 is 0. The summed E-state index contributed by atoms with van der Waals surface area (Å²) in [5.74, 6) is -0.893. The number of carboxylic acid groups (broad SMARTS) is 1. The van der Waals surface area contributed by atoms with Crippen molar-refractivity contribution in [3.8, 4) is 6.07 Å². The number of nitrogens with zero attached hydrogens (tertiary/aromatic N) is 2. The maximum absolute atomic E-state index is 11.9. The minimum atomic E-state index is -0.893. The van der Waals surface area contributed by atoms with Crippen LogP contribution < -0.4 is 5.32 Å². The van der Waals surface area contributed by atoms with Crippen LogP contribution in [0.15, 0.2) is 24.3 Å². The van der Waals surface area contributed by atoms with Crippen LogP contribution in [-0.2, 0) is 11.2 Å². The number of rotatable bonds is 6. The maximum Gasteiger partial charge on any atom is 0.321 e. The van der Waals surface area contributed by atoms with Crippen LogP contribution in [0.25, 0.3) is 0 Å². The molecule has 0 heterocycles. The third kappa shape index (κ3) is 4.98. The number of nitrogens with one attached hydrogen (secondary N) is 1. The highest BCUT2D eigenvalue weighted by Crippen LogP contribution is 2.11. The molecule has 0 aliphatic carbocycles. The van der Waals surface area contributed by atoms with Gasteiger partial charge in [0.25, 0.3) is 0 Å². The Morgan fingerprint density at radius 3 is 2.50 bits per heavy atom. The summed E-state index contributed by atoms with van der Waals surface area (Å²) in [6.45, 7) is 2.74. The molecule has 0 fully saturated rings. The van der Waals surface area contributed by atoms with Crippen molar-refractivity contribution in [2.75, 3.05) is 18.4 Å². The number of carboxylic acids is 1. The van der Waals surface area contributed by atoms with Crippen molar-refractivity contribution in [3.63, 3.8) is 0 Å². The summed E-state index contributed by atoms with van der Waals surface area (Å²) < 4.78 is 0. The van der Waals surface area contributed by atoms with E-state index in [2.05, 4.69) is 5.32 Å². The van der Waals surface area contributed by atoms with Crippen LogP contribution in [0.3, 0.4) is 0 Å². The van der Waals surface area contributed by atoms with Crippen LogP contribution in [0.4, 0.5) is 10.5 Å². The van der Waals surface area contributed by atoms with Crippen LogP contribution in [0.1, 0.15) is 18.9 Å². The Morgan fingerprint density at radius 2 is 2.00 bits per heavy atom. The first-order chi connectivity index (χ1) is 9.56. The Kier molecular flexibility index (Phi) is 6.04. The average molecular weight is 275 g/mol. The molecule has 0 bridgehead atoms. The molecule has 0 aromatic heterocycles. The summed E-state index contributed by atoms with van der Waals surface area (Å²) in [5, 5.41) is 19.9. The van der Waals surface area contributed by atoms with Gasteiger partial charge in [0.05, 0.1) is 18.9 Å². The Hall–Kier alpha value is -2.55. The standard InChI is InChI=1S/C14H17N3O3/c1-2-17(9-3-8-15)14(20)16-12-6-4-11(5-7-12)10-13(18)19/h4-7H,2-3,9-10H2,1H3,(H,16,20)(H,18,19). The predicted octanol–water partition coefficient (Wildman–Crippen LogP) is 2.08. The highest BCUT2D eigenvalue weighted by Gasteiger charge is 2.11. The molecule has 106 valence electrons. The van der Waals surface area contributed by atoms with Gasteiger partial charge in [-0.2, -0.15) is 5.26 Å². The van der Waals surface area contributed by atoms with Gasteiger partial charge in [-0.05, 0) is 24.6 Å². The predicted molar refractivity (Wildman–Crippen MR) is 74.3 cm³/mol. The molecule has 0 aliphatic heterocycles. The zero-order valence-electron chi connectivity index (χ0n) is 11.3. The number of urea groups is 1. The molecule has 1 aromatic carbocycles. The smallest absolute Gasteiger partial charge is 0.321 e. The van der Waals surface area contributed by atoms with E-state index in [9.17, 15) is 9.59 Å². The first kappa shape index (κ1) is 15.5. The SMILES string of the molecule is CCN(CCC#N)C(=O)Nc1ccc(CC(=O)O)cc1. The maximum atomic E-state index is 11.9. The van der Waals surface area contributed by atoms with E-state index in [-0.39, 0.29) is 12.5 Å². The monoisotopic (exact) mass is 275 g/mol. The van der Waals surface area contributed by atoms with Crippen molar-refractivity contribution in [2.24, 2.45) is 0 Å². The lowest BCUT2D eigenvalue weighted by atomic mass is 10.1. The summed E-state index contributed by atoms with van der Waals surface area (Å²) in [6, 6.07) is 8.38. The molecule has 0 unspecified atom stereocenters. The van der Waals surface area contributed by atoms with E-state index in [1.54, 1.807) is 24.3 Å². The van der Waals surface area contributed by atoms with E-state index in [1.807, 2.05) is 13.0 Å². The molecule has 1 aromatic rings. The van der Waals surface area contributed by atoms with Gasteiger partial charge < -0.3 is 15.3 Å². The number of aliphatic carboxylic acids is 1. The Morgan fingerprint density at radius 1 is 1.35 bits per heavy atom. The average Bonchev–Trinajstić information content (AvgIpc) is 2.41. The minimum Gasteiger partial charge on any atom is -0.481 e. The van der Waals surface area contributed by atoms with Gasteiger partial charge in [0, 0.05) is 18.8 Å². The number of benzene rings is 1. The molecule has 0 aliphatic rings. The Bertz CT molecular complexity index is 505. The molecule has 2 amide bonds. The van der Waals surface area contributed by atoms with Crippen molar-refractivity contribution in [2.45, 2.75) is 19.8 Å². The normalized spacial score (nSPS) is 9.60. The number of carbonyl (C=O) groups is 2. The van der Waals surface area contributed by atoms with Gasteiger partial charge in [-0.25, -0.2) is 4.79 Å². The van der Waals surface area contributed by atoms with Crippen LogP contribution in [0.2, 0.25) is 0 Å². The first-order valence-corrected chi connectivity index (χ1v) is 6.30. The second kappa shape index (κ2) is 7.79. The largest absolute Gasteiger partial charge is 0.481 e. The van der Waals surface area contributed by atoms with Gasteiger partial charge in [0.15, 0.2) is 0 Å². The topological polar surface area (TPSA) is 93.4 Å². The number of nitriles is 1. The molecule has 6 heteroatoms. The summed E-state index contributed by atoms with van der Waals surface area (Å²) in [6.07, 6.45) is 0.246. The van der Waals surface area contributed by atoms with Crippen molar-refractivity contribution < 1.29 is 14.7 Å². The lowest BCUT2D eigenvalue weighted by molar-refractivity contribution is -0.136. The second-order valence-electron chi connectivity index (χ2n) is 4.19. The number of hydrogen-bond acceptors (Lipinski definition) is 3. The fourth-order valence-electron chi connectivity index (χ4n) is 1.67. The van der Waals surface area contributed by atoms with E-state index in [1.165, 1.54) is 4.90 Å². The molecule has 0 spiro atoms. The van der Waals surface area contributed by atoms with Gasteiger partial charge in [0.2, 0.25) is 0 Å². The fourth-order valence-corrected chi connectivity index (χ4v) is 1.67. The van der Waals surface area contributed by atoms with Gasteiger partial charge in [-0.1, -0.05) is 12.1 Å². The van der Waals surface area contributed by atoms with Crippen molar-refractivity contribution in [1.82, 2.24) is 4.90 Å². The molecule has 0 atom stereocenters. The quantitative estimate of drug-likeness (QED) is 0.831. The molecular formula is C14H17N3O3. The van der Waals surface area contributed by atoms with E-state index in [4.69, 9.17) is 10.4 Å². The molecule has 1 rings (SSSR count). The van der Waals surface area contributed by atoms with Crippen molar-refractivity contribution in [1.29, 1.82) is 5.26 Å². The molecule has 6 nitrogen and oxygen atoms in total. The molecule has 0 saturated carbocycles. The fraction of sp³-hybridized carbons (Fsp3) is 0.357.